The molecule has 2 atom stereocenters. The summed E-state index contributed by atoms with van der Waals surface area (Å²) in [4.78, 5) is 25.4. The number of nitrogens with two attached hydrogens (primary N) is 1. The molecule has 3 aromatic rings. The Balaban J connectivity index is 1.51. The Kier molecular flexibility index (Phi) is 6.94. The van der Waals surface area contributed by atoms with Crippen molar-refractivity contribution in [3.05, 3.63) is 35.0 Å². The number of nitrogens with zero attached hydrogens (tertiary/aromatic N) is 4. The van der Waals surface area contributed by atoms with Crippen LogP contribution in [-0.2, 0) is 4.79 Å². The zero-order valence-electron chi connectivity index (χ0n) is 19.6. The summed E-state index contributed by atoms with van der Waals surface area (Å²) in [6.07, 6.45) is 6.97. The van der Waals surface area contributed by atoms with Crippen molar-refractivity contribution < 1.29 is 18.7 Å². The van der Waals surface area contributed by atoms with Gasteiger partial charge >= 0.3 is 0 Å². The van der Waals surface area contributed by atoms with Gasteiger partial charge in [-0.3, -0.25) is 9.36 Å². The smallest absolute Gasteiger partial charge is 0.224 e. The lowest BCUT2D eigenvalue weighted by Crippen LogP contribution is -2.30. The van der Waals surface area contributed by atoms with E-state index in [1.807, 2.05) is 4.57 Å². The molecule has 2 aliphatic rings. The molecule has 5 N–H and O–H groups in total. The summed E-state index contributed by atoms with van der Waals surface area (Å²) in [5, 5.41) is 15.9. The van der Waals surface area contributed by atoms with Crippen molar-refractivity contribution in [2.24, 2.45) is 11.7 Å². The zero-order valence-corrected chi connectivity index (χ0v) is 20.3. The van der Waals surface area contributed by atoms with Gasteiger partial charge in [0.05, 0.1) is 23.0 Å². The molecule has 0 saturated heterocycles. The van der Waals surface area contributed by atoms with Crippen LogP contribution in [0.3, 0.4) is 0 Å². The molecule has 0 spiro atoms. The quantitative estimate of drug-likeness (QED) is 0.354. The van der Waals surface area contributed by atoms with Gasteiger partial charge in [-0.2, -0.15) is 4.98 Å². The van der Waals surface area contributed by atoms with Crippen molar-refractivity contribution in [3.63, 3.8) is 0 Å². The van der Waals surface area contributed by atoms with Crippen molar-refractivity contribution in [2.45, 2.75) is 69.6 Å². The number of aliphatic hydroxyl groups is 1. The lowest BCUT2D eigenvalue weighted by molar-refractivity contribution is -0.122. The van der Waals surface area contributed by atoms with E-state index in [4.69, 9.17) is 22.3 Å². The van der Waals surface area contributed by atoms with Gasteiger partial charge in [0.2, 0.25) is 17.8 Å². The van der Waals surface area contributed by atoms with E-state index in [9.17, 15) is 18.7 Å². The van der Waals surface area contributed by atoms with Gasteiger partial charge in [0.1, 0.15) is 5.52 Å². The molecule has 36 heavy (non-hydrogen) atoms. The van der Waals surface area contributed by atoms with Crippen LogP contribution in [0.2, 0.25) is 5.02 Å². The predicted octanol–water partition coefficient (Wildman–Crippen LogP) is 4.43. The number of rotatable bonds is 6. The Morgan fingerprint density at radius 3 is 2.61 bits per heavy atom. The molecule has 0 aliphatic heterocycles. The van der Waals surface area contributed by atoms with E-state index in [-0.39, 0.29) is 46.7 Å². The fraction of sp³-hybridized carbons (Fsp3) is 0.500. The minimum absolute atomic E-state index is 0.0531. The van der Waals surface area contributed by atoms with Crippen LogP contribution in [0.4, 0.5) is 26.4 Å². The standard InChI is InChI=1S/C24H28ClF2N7O2/c25-16-8-9-17(20(27)19(16)26)31-24-32-18-11-29-23(30-13-2-1-3-15(35)10-13)33-22(18)34(24)14-6-4-12(5-7-14)21(28)36/h8-9,11-15,35H,1-7,10H2,(H2,28,36)(H,31,32)(H,29,30,33)/t12-,13-,14+,15-/m0/s1. The number of amides is 1. The zero-order chi connectivity index (χ0) is 25.4. The maximum absolute atomic E-state index is 14.6. The van der Waals surface area contributed by atoms with E-state index in [0.717, 1.165) is 19.3 Å². The van der Waals surface area contributed by atoms with Gasteiger partial charge in [0.15, 0.2) is 17.3 Å². The number of aliphatic hydroxyl groups excluding tert-OH is 1. The summed E-state index contributed by atoms with van der Waals surface area (Å²) in [6, 6.07) is 2.58. The first-order valence-electron chi connectivity index (χ1n) is 12.2. The number of benzene rings is 1. The highest BCUT2D eigenvalue weighted by Gasteiger charge is 2.30. The normalized spacial score (nSPS) is 24.6. The van der Waals surface area contributed by atoms with Gasteiger partial charge < -0.3 is 21.5 Å². The summed E-state index contributed by atoms with van der Waals surface area (Å²) >= 11 is 5.71. The predicted molar refractivity (Wildman–Crippen MR) is 132 cm³/mol. The highest BCUT2D eigenvalue weighted by molar-refractivity contribution is 6.30. The van der Waals surface area contributed by atoms with Crippen LogP contribution in [0.15, 0.2) is 18.3 Å². The molecule has 1 aromatic carbocycles. The number of carbonyl (C=O) groups excluding carboxylic acids is 1. The first-order valence-corrected chi connectivity index (χ1v) is 12.6. The summed E-state index contributed by atoms with van der Waals surface area (Å²) < 4.78 is 30.6. The first kappa shape index (κ1) is 24.6. The van der Waals surface area contributed by atoms with Crippen molar-refractivity contribution in [1.29, 1.82) is 0 Å². The number of nitrogens with one attached hydrogen (secondary N) is 2. The topological polar surface area (TPSA) is 131 Å². The molecule has 0 bridgehead atoms. The Morgan fingerprint density at radius 2 is 1.89 bits per heavy atom. The SMILES string of the molecule is NC(=O)[C@H]1CC[C@@H](n2c(Nc3ccc(Cl)c(F)c3F)nc3cnc(N[C@H]4CCC[C@H](O)C4)nc32)CC1. The molecule has 2 saturated carbocycles. The second-order valence-electron chi connectivity index (χ2n) is 9.63. The molecular weight excluding hydrogens is 492 g/mol. The van der Waals surface area contributed by atoms with Crippen molar-refractivity contribution >= 4 is 46.3 Å². The second kappa shape index (κ2) is 10.1. The monoisotopic (exact) mass is 519 g/mol. The Bertz CT molecular complexity index is 1280. The molecule has 9 nitrogen and oxygen atoms in total. The molecule has 192 valence electrons. The number of imidazole rings is 1. The maximum Gasteiger partial charge on any atom is 0.224 e. The Hall–Kier alpha value is -3.05. The summed E-state index contributed by atoms with van der Waals surface area (Å²) in [7, 11) is 0. The summed E-state index contributed by atoms with van der Waals surface area (Å²) in [6.45, 7) is 0. The molecule has 12 heteroatoms. The Morgan fingerprint density at radius 1 is 1.11 bits per heavy atom. The van der Waals surface area contributed by atoms with E-state index in [1.54, 1.807) is 6.20 Å². The average Bonchev–Trinajstić information content (AvgIpc) is 3.21. The van der Waals surface area contributed by atoms with Crippen LogP contribution in [0.25, 0.3) is 11.2 Å². The number of fused-ring (bicyclic) bond motifs is 1. The fourth-order valence-electron chi connectivity index (χ4n) is 5.23. The average molecular weight is 520 g/mol. The van der Waals surface area contributed by atoms with Gasteiger partial charge in [-0.1, -0.05) is 11.6 Å². The van der Waals surface area contributed by atoms with Crippen molar-refractivity contribution in [1.82, 2.24) is 19.5 Å². The molecular formula is C24H28ClF2N7O2. The fourth-order valence-corrected chi connectivity index (χ4v) is 5.38. The van der Waals surface area contributed by atoms with Gasteiger partial charge in [-0.25, -0.2) is 18.7 Å². The summed E-state index contributed by atoms with van der Waals surface area (Å²) in [5.41, 5.74) is 6.42. The van der Waals surface area contributed by atoms with E-state index < -0.39 is 11.6 Å². The van der Waals surface area contributed by atoms with E-state index >= 15 is 0 Å². The second-order valence-corrected chi connectivity index (χ2v) is 10.0. The van der Waals surface area contributed by atoms with Gasteiger partial charge in [0, 0.05) is 18.0 Å². The number of hydrogen-bond acceptors (Lipinski definition) is 7. The van der Waals surface area contributed by atoms with Crippen LogP contribution >= 0.6 is 11.6 Å². The number of carbonyl (C=O) groups is 1. The number of primary amides is 1. The van der Waals surface area contributed by atoms with Crippen molar-refractivity contribution in [3.8, 4) is 0 Å². The highest BCUT2D eigenvalue weighted by atomic mass is 35.5. The van der Waals surface area contributed by atoms with E-state index in [0.29, 0.717) is 49.2 Å². The number of anilines is 3. The maximum atomic E-state index is 14.6. The van der Waals surface area contributed by atoms with E-state index in [2.05, 4.69) is 20.6 Å². The molecule has 2 aromatic heterocycles. The molecule has 2 aliphatic carbocycles. The minimum atomic E-state index is -1.15. The van der Waals surface area contributed by atoms with Crippen LogP contribution in [0.1, 0.15) is 57.4 Å². The highest BCUT2D eigenvalue weighted by Crippen LogP contribution is 2.37. The molecule has 2 heterocycles. The first-order chi connectivity index (χ1) is 17.3. The van der Waals surface area contributed by atoms with Crippen molar-refractivity contribution in [2.75, 3.05) is 10.6 Å². The number of halogens is 3. The van der Waals surface area contributed by atoms with Gasteiger partial charge in [-0.05, 0) is 63.5 Å². The number of hydrogen-bond donors (Lipinski definition) is 4. The van der Waals surface area contributed by atoms with E-state index in [1.165, 1.54) is 12.1 Å². The minimum Gasteiger partial charge on any atom is -0.393 e. The molecule has 0 radical (unpaired) electrons. The van der Waals surface area contributed by atoms with Crippen LogP contribution in [0, 0.1) is 17.6 Å². The third-order valence-electron chi connectivity index (χ3n) is 7.16. The third kappa shape index (κ3) is 4.94. The molecule has 1 amide bonds. The van der Waals surface area contributed by atoms with Crippen LogP contribution in [-0.4, -0.2) is 42.7 Å². The van der Waals surface area contributed by atoms with Gasteiger partial charge in [0.25, 0.3) is 0 Å². The van der Waals surface area contributed by atoms with Gasteiger partial charge in [-0.15, -0.1) is 0 Å². The Labute approximate surface area is 211 Å². The lowest BCUT2D eigenvalue weighted by Gasteiger charge is -2.29. The lowest BCUT2D eigenvalue weighted by atomic mass is 9.85. The molecule has 2 fully saturated rings. The van der Waals surface area contributed by atoms with Crippen LogP contribution < -0.4 is 16.4 Å². The molecule has 0 unspecified atom stereocenters. The van der Waals surface area contributed by atoms with Crippen LogP contribution in [0.5, 0.6) is 0 Å². The summed E-state index contributed by atoms with van der Waals surface area (Å²) in [5.74, 6) is -2.07. The molecule has 5 rings (SSSR count). The third-order valence-corrected chi connectivity index (χ3v) is 7.45. The largest absolute Gasteiger partial charge is 0.393 e. The number of aromatic nitrogens is 4.